The fourth-order valence-electron chi connectivity index (χ4n) is 2.26. The molecule has 138 valence electrons. The molecule has 0 saturated heterocycles. The molecule has 1 atom stereocenters. The molecule has 1 unspecified atom stereocenters. The number of aromatic nitrogens is 1. The number of ether oxygens (including phenoxy) is 3. The Morgan fingerprint density at radius 2 is 2.12 bits per heavy atom. The van der Waals surface area contributed by atoms with Crippen molar-refractivity contribution in [2.75, 3.05) is 20.8 Å². The van der Waals surface area contributed by atoms with Gasteiger partial charge >= 0.3 is 0 Å². The maximum atomic E-state index is 11.8. The van der Waals surface area contributed by atoms with Gasteiger partial charge in [0.2, 0.25) is 5.91 Å². The molecule has 0 fully saturated rings. The summed E-state index contributed by atoms with van der Waals surface area (Å²) in [6, 6.07) is 9.41. The van der Waals surface area contributed by atoms with E-state index in [1.165, 1.54) is 7.11 Å². The predicted octanol–water partition coefficient (Wildman–Crippen LogP) is 2.52. The van der Waals surface area contributed by atoms with Crippen molar-refractivity contribution in [2.45, 2.75) is 32.1 Å². The van der Waals surface area contributed by atoms with Crippen molar-refractivity contribution in [3.05, 3.63) is 36.5 Å². The number of nitrogens with one attached hydrogen (secondary N) is 1. The fraction of sp³-hybridized carbons (Fsp3) is 0.400. The number of hydrogen-bond acceptors (Lipinski definition) is 5. The Balaban J connectivity index is 2.03. The average molecular weight is 356 g/mol. The van der Waals surface area contributed by atoms with E-state index in [4.69, 9.17) is 14.2 Å². The number of amides is 1. The average Bonchev–Trinajstić information content (AvgIpc) is 2.63. The zero-order valence-corrected chi connectivity index (χ0v) is 15.5. The zero-order chi connectivity index (χ0) is 19.0. The first-order valence-corrected chi connectivity index (χ1v) is 8.30. The molecule has 2 rings (SSSR count). The number of methoxy groups -OCH3 is 2. The SMILES string of the molecule is COCCC(=O)NC(C)(C)C#CC(OC)Oc1ccc2ncccc2c1. The van der Waals surface area contributed by atoms with Gasteiger partial charge in [0.05, 0.1) is 17.7 Å². The van der Waals surface area contributed by atoms with Crippen LogP contribution in [0.2, 0.25) is 0 Å². The van der Waals surface area contributed by atoms with E-state index < -0.39 is 11.8 Å². The second-order valence-electron chi connectivity index (χ2n) is 6.23. The summed E-state index contributed by atoms with van der Waals surface area (Å²) >= 11 is 0. The van der Waals surface area contributed by atoms with Crippen molar-refractivity contribution in [3.8, 4) is 17.6 Å². The summed E-state index contributed by atoms with van der Waals surface area (Å²) in [5.74, 6) is 6.41. The molecule has 6 nitrogen and oxygen atoms in total. The number of pyridine rings is 1. The lowest BCUT2D eigenvalue weighted by molar-refractivity contribution is -0.123. The monoisotopic (exact) mass is 356 g/mol. The Morgan fingerprint density at radius 3 is 2.85 bits per heavy atom. The van der Waals surface area contributed by atoms with E-state index in [-0.39, 0.29) is 12.3 Å². The van der Waals surface area contributed by atoms with Gasteiger partial charge in [-0.1, -0.05) is 12.0 Å². The third-order valence-corrected chi connectivity index (χ3v) is 3.52. The van der Waals surface area contributed by atoms with Crippen molar-refractivity contribution >= 4 is 16.8 Å². The van der Waals surface area contributed by atoms with Crippen LogP contribution in [0.5, 0.6) is 5.75 Å². The van der Waals surface area contributed by atoms with Crippen LogP contribution in [0, 0.1) is 11.8 Å². The molecule has 6 heteroatoms. The van der Waals surface area contributed by atoms with Crippen LogP contribution in [0.3, 0.4) is 0 Å². The Hall–Kier alpha value is -2.62. The summed E-state index contributed by atoms with van der Waals surface area (Å²) < 4.78 is 16.0. The fourth-order valence-corrected chi connectivity index (χ4v) is 2.26. The summed E-state index contributed by atoms with van der Waals surface area (Å²) in [7, 11) is 3.08. The predicted molar refractivity (Wildman–Crippen MR) is 99.7 cm³/mol. The lowest BCUT2D eigenvalue weighted by Crippen LogP contribution is -2.42. The van der Waals surface area contributed by atoms with Crippen molar-refractivity contribution < 1.29 is 19.0 Å². The van der Waals surface area contributed by atoms with E-state index in [1.54, 1.807) is 13.3 Å². The molecule has 1 aromatic carbocycles. The second-order valence-corrected chi connectivity index (χ2v) is 6.23. The van der Waals surface area contributed by atoms with Gasteiger partial charge in [-0.05, 0) is 44.0 Å². The van der Waals surface area contributed by atoms with Crippen molar-refractivity contribution in [3.63, 3.8) is 0 Å². The molecule has 26 heavy (non-hydrogen) atoms. The molecule has 0 aliphatic heterocycles. The summed E-state index contributed by atoms with van der Waals surface area (Å²) in [6.45, 7) is 4.01. The first kappa shape index (κ1) is 19.7. The first-order valence-electron chi connectivity index (χ1n) is 8.30. The van der Waals surface area contributed by atoms with Gasteiger partial charge in [-0.15, -0.1) is 0 Å². The van der Waals surface area contributed by atoms with Crippen LogP contribution in [0.4, 0.5) is 0 Å². The summed E-state index contributed by atoms with van der Waals surface area (Å²) in [5, 5.41) is 3.82. The highest BCUT2D eigenvalue weighted by Crippen LogP contribution is 2.20. The maximum absolute atomic E-state index is 11.8. The van der Waals surface area contributed by atoms with Crippen LogP contribution in [-0.2, 0) is 14.3 Å². The van der Waals surface area contributed by atoms with Gasteiger partial charge in [0, 0.05) is 32.2 Å². The maximum Gasteiger partial charge on any atom is 0.264 e. The number of carbonyl (C=O) groups is 1. The lowest BCUT2D eigenvalue weighted by Gasteiger charge is -2.20. The van der Waals surface area contributed by atoms with Gasteiger partial charge in [-0.25, -0.2) is 0 Å². The number of rotatable bonds is 7. The molecule has 0 bridgehead atoms. The Labute approximate surface area is 153 Å². The van der Waals surface area contributed by atoms with Crippen LogP contribution in [0.15, 0.2) is 36.5 Å². The van der Waals surface area contributed by atoms with E-state index in [0.29, 0.717) is 12.4 Å². The van der Waals surface area contributed by atoms with Crippen LogP contribution < -0.4 is 10.1 Å². The third kappa shape index (κ3) is 6.03. The van der Waals surface area contributed by atoms with Crippen LogP contribution in [-0.4, -0.2) is 43.5 Å². The highest BCUT2D eigenvalue weighted by Gasteiger charge is 2.18. The third-order valence-electron chi connectivity index (χ3n) is 3.52. The molecule has 0 aliphatic carbocycles. The molecule has 0 radical (unpaired) electrons. The largest absolute Gasteiger partial charge is 0.453 e. The standard InChI is InChI=1S/C20H24N2O4/c1-20(2,22-18(23)10-13-24-3)11-9-19(25-4)26-16-7-8-17-15(14-16)6-5-12-21-17/h5-8,12,14,19H,10,13H2,1-4H3,(H,22,23). The highest BCUT2D eigenvalue weighted by atomic mass is 16.7. The van der Waals surface area contributed by atoms with E-state index in [1.807, 2.05) is 44.2 Å². The number of hydrogen-bond donors (Lipinski definition) is 1. The van der Waals surface area contributed by atoms with E-state index in [2.05, 4.69) is 22.1 Å². The van der Waals surface area contributed by atoms with Gasteiger partial charge in [-0.2, -0.15) is 0 Å². The number of nitrogens with zero attached hydrogens (tertiary/aromatic N) is 1. The quantitative estimate of drug-likeness (QED) is 0.610. The molecular formula is C20H24N2O4. The van der Waals surface area contributed by atoms with E-state index >= 15 is 0 Å². The molecule has 1 N–H and O–H groups in total. The minimum absolute atomic E-state index is 0.122. The Kier molecular flexibility index (Phi) is 6.96. The topological polar surface area (TPSA) is 69.7 Å². The summed E-state index contributed by atoms with van der Waals surface area (Å²) in [5.41, 5.74) is 0.179. The molecule has 2 aromatic rings. The molecule has 0 saturated carbocycles. The molecule has 1 aromatic heterocycles. The molecule has 1 heterocycles. The van der Waals surface area contributed by atoms with Gasteiger partial charge in [0.25, 0.3) is 6.29 Å². The number of benzene rings is 1. The molecule has 0 aliphatic rings. The van der Waals surface area contributed by atoms with Gasteiger partial charge < -0.3 is 19.5 Å². The van der Waals surface area contributed by atoms with Crippen LogP contribution in [0.1, 0.15) is 20.3 Å². The van der Waals surface area contributed by atoms with E-state index in [9.17, 15) is 4.79 Å². The Bertz CT molecular complexity index is 808. The molecule has 1 amide bonds. The Morgan fingerprint density at radius 1 is 1.31 bits per heavy atom. The second kappa shape index (κ2) is 9.18. The highest BCUT2D eigenvalue weighted by molar-refractivity contribution is 5.79. The minimum atomic E-state index is -0.751. The van der Waals surface area contributed by atoms with Crippen molar-refractivity contribution in [1.29, 1.82) is 0 Å². The molecule has 0 spiro atoms. The summed E-state index contributed by atoms with van der Waals surface area (Å²) in [4.78, 5) is 16.1. The minimum Gasteiger partial charge on any atom is -0.453 e. The van der Waals surface area contributed by atoms with Gasteiger partial charge in [-0.3, -0.25) is 9.78 Å². The van der Waals surface area contributed by atoms with Crippen molar-refractivity contribution in [2.24, 2.45) is 0 Å². The molecular weight excluding hydrogens is 332 g/mol. The van der Waals surface area contributed by atoms with Gasteiger partial charge in [0.15, 0.2) is 0 Å². The number of carbonyl (C=O) groups excluding carboxylic acids is 1. The lowest BCUT2D eigenvalue weighted by atomic mass is 10.1. The van der Waals surface area contributed by atoms with E-state index in [0.717, 1.165) is 10.9 Å². The van der Waals surface area contributed by atoms with Crippen molar-refractivity contribution in [1.82, 2.24) is 10.3 Å². The van der Waals surface area contributed by atoms with Gasteiger partial charge in [0.1, 0.15) is 5.75 Å². The first-order chi connectivity index (χ1) is 12.4. The van der Waals surface area contributed by atoms with Crippen LogP contribution in [0.25, 0.3) is 10.9 Å². The normalized spacial score (nSPS) is 12.2. The number of fused-ring (bicyclic) bond motifs is 1. The zero-order valence-electron chi connectivity index (χ0n) is 15.5. The smallest absolute Gasteiger partial charge is 0.264 e. The summed E-state index contributed by atoms with van der Waals surface area (Å²) in [6.07, 6.45) is 1.28. The van der Waals surface area contributed by atoms with Crippen LogP contribution >= 0.6 is 0 Å².